The molecule has 2 rings (SSSR count). The van der Waals surface area contributed by atoms with Crippen molar-refractivity contribution in [3.05, 3.63) is 18.2 Å². The van der Waals surface area contributed by atoms with Crippen molar-refractivity contribution in [2.75, 3.05) is 0 Å². The lowest BCUT2D eigenvalue weighted by atomic mass is 10.2. The number of nitrogens with zero attached hydrogens (tertiary/aromatic N) is 3. The summed E-state index contributed by atoms with van der Waals surface area (Å²) in [5, 5.41) is 3.01. The smallest absolute Gasteiger partial charge is 0.237 e. The van der Waals surface area contributed by atoms with Crippen LogP contribution >= 0.6 is 0 Å². The first kappa shape index (κ1) is 15.0. The molecule has 0 aliphatic carbocycles. The summed E-state index contributed by atoms with van der Waals surface area (Å²) in [5.74, 6) is 1.01. The maximum absolute atomic E-state index is 12.3. The van der Waals surface area contributed by atoms with E-state index in [0.717, 1.165) is 12.4 Å². The maximum atomic E-state index is 12.3. The molecule has 20 heavy (non-hydrogen) atoms. The van der Waals surface area contributed by atoms with E-state index in [1.54, 1.807) is 6.20 Å². The van der Waals surface area contributed by atoms with Gasteiger partial charge in [0.25, 0.3) is 0 Å². The quantitative estimate of drug-likeness (QED) is 0.893. The van der Waals surface area contributed by atoms with Gasteiger partial charge in [0.2, 0.25) is 5.91 Å². The van der Waals surface area contributed by atoms with Crippen molar-refractivity contribution >= 4 is 5.91 Å². The molecule has 1 saturated heterocycles. The molecule has 1 aromatic rings. The predicted octanol–water partition coefficient (Wildman–Crippen LogP) is 1.78. The first-order valence-electron chi connectivity index (χ1n) is 7.59. The molecule has 3 atom stereocenters. The molecule has 1 N–H and O–H groups in total. The second-order valence-electron chi connectivity index (χ2n) is 5.75. The van der Waals surface area contributed by atoms with Crippen LogP contribution in [0.25, 0.3) is 0 Å². The zero-order valence-corrected chi connectivity index (χ0v) is 13.0. The third kappa shape index (κ3) is 3.03. The SMILES string of the molecule is CCn1ccnc1CNC(=O)C(C)N1C(C)CCC1C. The number of hydrogen-bond donors (Lipinski definition) is 1. The molecule has 2 heterocycles. The lowest BCUT2D eigenvalue weighted by Gasteiger charge is -2.31. The third-order valence-electron chi connectivity index (χ3n) is 4.41. The summed E-state index contributed by atoms with van der Waals surface area (Å²) in [5.41, 5.74) is 0. The fourth-order valence-corrected chi connectivity index (χ4v) is 3.22. The van der Waals surface area contributed by atoms with E-state index in [1.165, 1.54) is 12.8 Å². The summed E-state index contributed by atoms with van der Waals surface area (Å²) in [4.78, 5) is 18.9. The lowest BCUT2D eigenvalue weighted by Crippen LogP contribution is -2.49. The van der Waals surface area contributed by atoms with Gasteiger partial charge in [-0.2, -0.15) is 0 Å². The molecule has 1 aliphatic heterocycles. The fraction of sp³-hybridized carbons (Fsp3) is 0.733. The Balaban J connectivity index is 1.91. The van der Waals surface area contributed by atoms with Gasteiger partial charge in [-0.25, -0.2) is 4.98 Å². The van der Waals surface area contributed by atoms with Gasteiger partial charge in [0, 0.05) is 31.0 Å². The van der Waals surface area contributed by atoms with Crippen molar-refractivity contribution in [2.24, 2.45) is 0 Å². The molecule has 5 heteroatoms. The van der Waals surface area contributed by atoms with Crippen LogP contribution in [0.4, 0.5) is 0 Å². The van der Waals surface area contributed by atoms with Gasteiger partial charge in [0.15, 0.2) is 0 Å². The maximum Gasteiger partial charge on any atom is 0.237 e. The molecule has 0 saturated carbocycles. The minimum absolute atomic E-state index is 0.0764. The van der Waals surface area contributed by atoms with Crippen LogP contribution in [-0.4, -0.2) is 38.5 Å². The fourth-order valence-electron chi connectivity index (χ4n) is 3.22. The van der Waals surface area contributed by atoms with Gasteiger partial charge in [0.1, 0.15) is 5.82 Å². The summed E-state index contributed by atoms with van der Waals surface area (Å²) in [6.45, 7) is 9.86. The second-order valence-corrected chi connectivity index (χ2v) is 5.75. The molecule has 0 radical (unpaired) electrons. The third-order valence-corrected chi connectivity index (χ3v) is 4.41. The van der Waals surface area contributed by atoms with E-state index in [4.69, 9.17) is 0 Å². The zero-order valence-electron chi connectivity index (χ0n) is 13.0. The van der Waals surface area contributed by atoms with Crippen molar-refractivity contribution in [1.29, 1.82) is 0 Å². The largest absolute Gasteiger partial charge is 0.348 e. The molecular weight excluding hydrogens is 252 g/mol. The Bertz CT molecular complexity index is 446. The van der Waals surface area contributed by atoms with E-state index >= 15 is 0 Å². The van der Waals surface area contributed by atoms with E-state index in [0.29, 0.717) is 18.6 Å². The number of aryl methyl sites for hydroxylation is 1. The number of aromatic nitrogens is 2. The minimum atomic E-state index is -0.0764. The van der Waals surface area contributed by atoms with Crippen LogP contribution in [-0.2, 0) is 17.9 Å². The first-order valence-corrected chi connectivity index (χ1v) is 7.59. The average Bonchev–Trinajstić information content (AvgIpc) is 3.02. The highest BCUT2D eigenvalue weighted by Gasteiger charge is 2.34. The molecule has 0 bridgehead atoms. The van der Waals surface area contributed by atoms with Gasteiger partial charge < -0.3 is 9.88 Å². The summed E-state index contributed by atoms with van der Waals surface area (Å²) >= 11 is 0. The number of hydrogen-bond acceptors (Lipinski definition) is 3. The van der Waals surface area contributed by atoms with Crippen molar-refractivity contribution in [3.8, 4) is 0 Å². The minimum Gasteiger partial charge on any atom is -0.348 e. The Labute approximate surface area is 121 Å². The predicted molar refractivity (Wildman–Crippen MR) is 79.2 cm³/mol. The number of carbonyl (C=O) groups excluding carboxylic acids is 1. The lowest BCUT2D eigenvalue weighted by molar-refractivity contribution is -0.127. The molecular formula is C15H26N4O. The van der Waals surface area contributed by atoms with E-state index in [9.17, 15) is 4.79 Å². The van der Waals surface area contributed by atoms with E-state index in [1.807, 2.05) is 17.7 Å². The number of imidazole rings is 1. The average molecular weight is 278 g/mol. The van der Waals surface area contributed by atoms with Crippen LogP contribution in [0.1, 0.15) is 46.4 Å². The van der Waals surface area contributed by atoms with Crippen molar-refractivity contribution in [2.45, 2.75) is 71.8 Å². The zero-order chi connectivity index (χ0) is 14.7. The number of nitrogens with one attached hydrogen (secondary N) is 1. The molecule has 3 unspecified atom stereocenters. The van der Waals surface area contributed by atoms with Crippen LogP contribution in [0.2, 0.25) is 0 Å². The summed E-state index contributed by atoms with van der Waals surface area (Å²) in [6.07, 6.45) is 6.08. The molecule has 0 spiro atoms. The number of amides is 1. The topological polar surface area (TPSA) is 50.2 Å². The Hall–Kier alpha value is -1.36. The summed E-state index contributed by atoms with van der Waals surface area (Å²) in [7, 11) is 0. The molecule has 1 amide bonds. The molecule has 0 aromatic carbocycles. The van der Waals surface area contributed by atoms with E-state index < -0.39 is 0 Å². The highest BCUT2D eigenvalue weighted by atomic mass is 16.2. The standard InChI is InChI=1S/C15H26N4O/c1-5-18-9-8-16-14(18)10-17-15(20)13(4)19-11(2)6-7-12(19)3/h8-9,11-13H,5-7,10H2,1-4H3,(H,17,20). The van der Waals surface area contributed by atoms with Gasteiger partial charge in [-0.15, -0.1) is 0 Å². The van der Waals surface area contributed by atoms with Gasteiger partial charge in [0.05, 0.1) is 12.6 Å². The van der Waals surface area contributed by atoms with Gasteiger partial charge in [-0.1, -0.05) is 0 Å². The number of rotatable bonds is 5. The van der Waals surface area contributed by atoms with Crippen LogP contribution < -0.4 is 5.32 Å². The Morgan fingerprint density at radius 2 is 2.10 bits per heavy atom. The Kier molecular flexibility index (Phi) is 4.81. The van der Waals surface area contributed by atoms with Crippen LogP contribution in [0, 0.1) is 0 Å². The van der Waals surface area contributed by atoms with Crippen LogP contribution in [0.15, 0.2) is 12.4 Å². The Morgan fingerprint density at radius 1 is 1.45 bits per heavy atom. The molecule has 112 valence electrons. The van der Waals surface area contributed by atoms with Crippen LogP contribution in [0.3, 0.4) is 0 Å². The van der Waals surface area contributed by atoms with Gasteiger partial charge in [-0.05, 0) is 40.5 Å². The molecule has 5 nitrogen and oxygen atoms in total. The second kappa shape index (κ2) is 6.39. The van der Waals surface area contributed by atoms with Crippen molar-refractivity contribution < 1.29 is 4.79 Å². The van der Waals surface area contributed by atoms with Crippen molar-refractivity contribution in [3.63, 3.8) is 0 Å². The highest BCUT2D eigenvalue weighted by molar-refractivity contribution is 5.81. The molecule has 1 fully saturated rings. The van der Waals surface area contributed by atoms with Crippen molar-refractivity contribution in [1.82, 2.24) is 19.8 Å². The number of likely N-dealkylation sites (tertiary alicyclic amines) is 1. The normalized spacial score (nSPS) is 24.8. The van der Waals surface area contributed by atoms with E-state index in [-0.39, 0.29) is 11.9 Å². The monoisotopic (exact) mass is 278 g/mol. The molecule has 1 aliphatic rings. The van der Waals surface area contributed by atoms with Gasteiger partial charge >= 0.3 is 0 Å². The first-order chi connectivity index (χ1) is 9.54. The summed E-state index contributed by atoms with van der Waals surface area (Å²) < 4.78 is 2.05. The number of carbonyl (C=O) groups is 1. The molecule has 1 aromatic heterocycles. The summed E-state index contributed by atoms with van der Waals surface area (Å²) in [6, 6.07) is 0.902. The Morgan fingerprint density at radius 3 is 2.70 bits per heavy atom. The highest BCUT2D eigenvalue weighted by Crippen LogP contribution is 2.25. The van der Waals surface area contributed by atoms with Gasteiger partial charge in [-0.3, -0.25) is 9.69 Å². The van der Waals surface area contributed by atoms with E-state index in [2.05, 4.69) is 36.0 Å². The van der Waals surface area contributed by atoms with Crippen LogP contribution in [0.5, 0.6) is 0 Å².